The molecule has 3 aromatic carbocycles. The van der Waals surface area contributed by atoms with Crippen LogP contribution in [-0.2, 0) is 17.8 Å². The van der Waals surface area contributed by atoms with Gasteiger partial charge in [0.2, 0.25) is 5.91 Å². The van der Waals surface area contributed by atoms with Crippen LogP contribution in [-0.4, -0.2) is 22.0 Å². The second kappa shape index (κ2) is 10.8. The van der Waals surface area contributed by atoms with Gasteiger partial charge in [0.25, 0.3) is 11.4 Å². The molecule has 3 rings (SSSR count). The number of nitro groups is 2. The van der Waals surface area contributed by atoms with E-state index in [1.807, 2.05) is 12.1 Å². The number of hydrazone groups is 1. The number of nitrogens with one attached hydrogen (secondary N) is 1. The number of amides is 1. The smallest absolute Gasteiger partial charge is 0.279 e. The maximum Gasteiger partial charge on any atom is 0.279 e. The normalized spacial score (nSPS) is 10.7. The number of benzene rings is 3. The Kier molecular flexibility index (Phi) is 7.66. The van der Waals surface area contributed by atoms with Crippen molar-refractivity contribution in [2.24, 2.45) is 5.10 Å². The van der Waals surface area contributed by atoms with E-state index in [1.165, 1.54) is 12.3 Å². The zero-order chi connectivity index (χ0) is 23.8. The molecule has 0 unspecified atom stereocenters. The number of nitro benzene ring substituents is 2. The van der Waals surface area contributed by atoms with Crippen molar-refractivity contribution in [3.8, 4) is 5.75 Å². The van der Waals surface area contributed by atoms with Crippen molar-refractivity contribution in [1.82, 2.24) is 5.43 Å². The van der Waals surface area contributed by atoms with Crippen molar-refractivity contribution in [3.05, 3.63) is 109 Å². The fraction of sp³-hybridized carbons (Fsp3) is 0.0909. The van der Waals surface area contributed by atoms with E-state index in [9.17, 15) is 25.0 Å². The minimum Gasteiger partial charge on any atom is -0.488 e. The summed E-state index contributed by atoms with van der Waals surface area (Å²) in [6.07, 6.45) is 1.01. The van der Waals surface area contributed by atoms with E-state index in [0.717, 1.165) is 17.7 Å². The second-order valence-electron chi connectivity index (χ2n) is 6.75. The molecule has 0 bridgehead atoms. The van der Waals surface area contributed by atoms with E-state index < -0.39 is 27.1 Å². The highest BCUT2D eigenvalue weighted by atomic mass is 35.5. The van der Waals surface area contributed by atoms with Gasteiger partial charge in [0.1, 0.15) is 12.4 Å². The molecule has 0 radical (unpaired) electrons. The van der Waals surface area contributed by atoms with Gasteiger partial charge in [-0.25, -0.2) is 5.43 Å². The number of hydrogen-bond donors (Lipinski definition) is 1. The number of halogens is 1. The zero-order valence-electron chi connectivity index (χ0n) is 17.0. The molecule has 1 amide bonds. The highest BCUT2D eigenvalue weighted by molar-refractivity contribution is 6.30. The van der Waals surface area contributed by atoms with Crippen LogP contribution in [0.15, 0.2) is 71.8 Å². The molecule has 0 spiro atoms. The van der Waals surface area contributed by atoms with Gasteiger partial charge in [-0.15, -0.1) is 0 Å². The van der Waals surface area contributed by atoms with Crippen LogP contribution in [0.1, 0.15) is 16.7 Å². The van der Waals surface area contributed by atoms with Crippen LogP contribution in [0.5, 0.6) is 5.75 Å². The summed E-state index contributed by atoms with van der Waals surface area (Å²) in [5.74, 6) is -0.0841. The lowest BCUT2D eigenvalue weighted by atomic mass is 10.1. The van der Waals surface area contributed by atoms with Gasteiger partial charge < -0.3 is 4.74 Å². The van der Waals surface area contributed by atoms with Crippen LogP contribution in [0.4, 0.5) is 11.4 Å². The van der Waals surface area contributed by atoms with Gasteiger partial charge in [0.15, 0.2) is 0 Å². The van der Waals surface area contributed by atoms with Crippen LogP contribution in [0, 0.1) is 20.2 Å². The Labute approximate surface area is 192 Å². The molecule has 0 aliphatic carbocycles. The summed E-state index contributed by atoms with van der Waals surface area (Å²) >= 11 is 5.88. The van der Waals surface area contributed by atoms with Crippen molar-refractivity contribution in [2.75, 3.05) is 0 Å². The topological polar surface area (TPSA) is 137 Å². The van der Waals surface area contributed by atoms with Gasteiger partial charge in [-0.3, -0.25) is 25.0 Å². The first-order valence-electron chi connectivity index (χ1n) is 9.53. The molecule has 0 fully saturated rings. The molecular weight excluding hydrogens is 452 g/mol. The monoisotopic (exact) mass is 468 g/mol. The fourth-order valence-corrected chi connectivity index (χ4v) is 2.96. The molecule has 11 heteroatoms. The van der Waals surface area contributed by atoms with Crippen molar-refractivity contribution in [2.45, 2.75) is 13.0 Å². The second-order valence-corrected chi connectivity index (χ2v) is 7.19. The Bertz CT molecular complexity index is 1210. The summed E-state index contributed by atoms with van der Waals surface area (Å²) in [7, 11) is 0. The molecule has 0 aliphatic heterocycles. The number of carbonyl (C=O) groups is 1. The van der Waals surface area contributed by atoms with Crippen molar-refractivity contribution >= 4 is 35.1 Å². The minimum atomic E-state index is -0.771. The molecule has 10 nitrogen and oxygen atoms in total. The molecule has 1 N–H and O–H groups in total. The summed E-state index contributed by atoms with van der Waals surface area (Å²) in [4.78, 5) is 32.7. The van der Waals surface area contributed by atoms with E-state index in [1.54, 1.807) is 36.4 Å². The Morgan fingerprint density at radius 3 is 2.45 bits per heavy atom. The van der Waals surface area contributed by atoms with Crippen LogP contribution in [0.3, 0.4) is 0 Å². The summed E-state index contributed by atoms with van der Waals surface area (Å²) in [5, 5.41) is 26.5. The Hall–Kier alpha value is -4.31. The first-order valence-corrected chi connectivity index (χ1v) is 9.91. The van der Waals surface area contributed by atoms with Gasteiger partial charge in [0.05, 0.1) is 28.5 Å². The summed E-state index contributed by atoms with van der Waals surface area (Å²) in [5.41, 5.74) is 2.91. The standard InChI is InChI=1S/C22H17ClN4O6/c23-18-8-5-15(6-9-18)14-33-21-4-2-1-3-17(21)13-24-25-22(28)11-16-7-10-19(26(29)30)12-20(16)27(31)32/h1-10,12-13H,11,14H2,(H,25,28)/b24-13-. The third kappa shape index (κ3) is 6.58. The molecule has 0 saturated carbocycles. The van der Waals surface area contributed by atoms with Gasteiger partial charge in [-0.2, -0.15) is 5.10 Å². The van der Waals surface area contributed by atoms with E-state index in [2.05, 4.69) is 10.5 Å². The molecule has 168 valence electrons. The number of hydrogen-bond acceptors (Lipinski definition) is 7. The maximum atomic E-state index is 12.2. The third-order valence-electron chi connectivity index (χ3n) is 4.45. The Morgan fingerprint density at radius 2 is 1.76 bits per heavy atom. The fourth-order valence-electron chi connectivity index (χ4n) is 2.83. The van der Waals surface area contributed by atoms with Crippen LogP contribution in [0.25, 0.3) is 0 Å². The van der Waals surface area contributed by atoms with E-state index in [0.29, 0.717) is 22.9 Å². The lowest BCUT2D eigenvalue weighted by Gasteiger charge is -2.09. The minimum absolute atomic E-state index is 0.0324. The number of para-hydroxylation sites is 1. The number of ether oxygens (including phenoxy) is 1. The first kappa shape index (κ1) is 23.4. The average Bonchev–Trinajstić information content (AvgIpc) is 2.79. The number of carbonyl (C=O) groups excluding carboxylic acids is 1. The predicted molar refractivity (Wildman–Crippen MR) is 121 cm³/mol. The average molecular weight is 469 g/mol. The van der Waals surface area contributed by atoms with Gasteiger partial charge >= 0.3 is 0 Å². The van der Waals surface area contributed by atoms with Crippen LogP contribution < -0.4 is 10.2 Å². The van der Waals surface area contributed by atoms with Crippen LogP contribution >= 0.6 is 11.6 Å². The molecule has 0 saturated heterocycles. The van der Waals surface area contributed by atoms with E-state index >= 15 is 0 Å². The first-order chi connectivity index (χ1) is 15.8. The summed E-state index contributed by atoms with van der Waals surface area (Å²) in [6, 6.07) is 17.4. The number of nitrogens with zero attached hydrogens (tertiary/aromatic N) is 3. The van der Waals surface area contributed by atoms with Crippen LogP contribution in [0.2, 0.25) is 5.02 Å². The number of rotatable bonds is 9. The third-order valence-corrected chi connectivity index (χ3v) is 4.70. The quantitative estimate of drug-likeness (QED) is 0.280. The summed E-state index contributed by atoms with van der Waals surface area (Å²) in [6.45, 7) is 0.304. The molecule has 0 aromatic heterocycles. The molecule has 0 aliphatic rings. The van der Waals surface area contributed by atoms with Crippen molar-refractivity contribution in [1.29, 1.82) is 0 Å². The van der Waals surface area contributed by atoms with Gasteiger partial charge in [-0.1, -0.05) is 35.9 Å². The largest absolute Gasteiger partial charge is 0.488 e. The summed E-state index contributed by atoms with van der Waals surface area (Å²) < 4.78 is 5.81. The van der Waals surface area contributed by atoms with Crippen molar-refractivity contribution in [3.63, 3.8) is 0 Å². The SMILES string of the molecule is O=C(Cc1ccc([N+](=O)[O-])cc1[N+](=O)[O-])N/N=C\c1ccccc1OCc1ccc(Cl)cc1. The molecule has 3 aromatic rings. The molecule has 33 heavy (non-hydrogen) atoms. The van der Waals surface area contributed by atoms with E-state index in [4.69, 9.17) is 16.3 Å². The van der Waals surface area contributed by atoms with E-state index in [-0.39, 0.29) is 12.0 Å². The van der Waals surface area contributed by atoms with Gasteiger partial charge in [-0.05, 0) is 35.9 Å². The highest BCUT2D eigenvalue weighted by Gasteiger charge is 2.21. The zero-order valence-corrected chi connectivity index (χ0v) is 17.8. The molecule has 0 atom stereocenters. The molecular formula is C22H17ClN4O6. The van der Waals surface area contributed by atoms with Gasteiger partial charge in [0, 0.05) is 22.2 Å². The highest BCUT2D eigenvalue weighted by Crippen LogP contribution is 2.25. The Morgan fingerprint density at radius 1 is 1.03 bits per heavy atom. The lowest BCUT2D eigenvalue weighted by molar-refractivity contribution is -0.394. The predicted octanol–water partition coefficient (Wildman–Crippen LogP) is 4.43. The molecule has 0 heterocycles. The Balaban J connectivity index is 1.63. The number of non-ortho nitro benzene ring substituents is 1. The van der Waals surface area contributed by atoms with Crippen molar-refractivity contribution < 1.29 is 19.4 Å². The maximum absolute atomic E-state index is 12.2. The lowest BCUT2D eigenvalue weighted by Crippen LogP contribution is -2.20.